The molecule has 0 aliphatic carbocycles. The van der Waals surface area contributed by atoms with Crippen LogP contribution in [-0.2, 0) is 32.7 Å². The van der Waals surface area contributed by atoms with Crippen LogP contribution in [0.4, 0.5) is 28.4 Å². The minimum atomic E-state index is -5.51. The fourth-order valence-corrected chi connectivity index (χ4v) is 5.81. The van der Waals surface area contributed by atoms with Crippen molar-refractivity contribution in [2.45, 2.75) is 30.6 Å². The molecule has 198 valence electrons. The van der Waals surface area contributed by atoms with Crippen LogP contribution in [-0.4, -0.2) is 43.5 Å². The SMILES string of the molecule is O=C(ON(c1nccs1)S(=O)(=O)c1cc(Cl)c(NCc2ccccc2CN2CCC2)cc1F)C(F)(F)F. The maximum atomic E-state index is 15.0. The summed E-state index contributed by atoms with van der Waals surface area (Å²) in [4.78, 5) is 20.2. The summed E-state index contributed by atoms with van der Waals surface area (Å²) in [5, 5.41) is 3.33. The predicted octanol–water partition coefficient (Wildman–Crippen LogP) is 4.97. The third-order valence-corrected chi connectivity index (χ3v) is 8.14. The molecule has 1 saturated heterocycles. The van der Waals surface area contributed by atoms with E-state index < -0.39 is 38.0 Å². The molecule has 0 amide bonds. The Hall–Kier alpha value is -2.94. The van der Waals surface area contributed by atoms with Crippen LogP contribution in [0.3, 0.4) is 0 Å². The van der Waals surface area contributed by atoms with E-state index in [2.05, 4.69) is 20.0 Å². The van der Waals surface area contributed by atoms with E-state index in [9.17, 15) is 26.4 Å². The number of nitrogens with one attached hydrogen (secondary N) is 1. The first-order chi connectivity index (χ1) is 17.5. The van der Waals surface area contributed by atoms with Gasteiger partial charge < -0.3 is 10.2 Å². The van der Waals surface area contributed by atoms with Gasteiger partial charge in [0.25, 0.3) is 0 Å². The molecule has 3 aromatic rings. The monoisotopic (exact) mass is 578 g/mol. The Kier molecular flexibility index (Phi) is 7.92. The van der Waals surface area contributed by atoms with E-state index in [4.69, 9.17) is 11.6 Å². The molecule has 0 saturated carbocycles. The Bertz CT molecular complexity index is 1380. The number of hydrogen-bond acceptors (Lipinski definition) is 8. The first-order valence-corrected chi connectivity index (χ1v) is 13.4. The number of hydrogen-bond donors (Lipinski definition) is 1. The summed E-state index contributed by atoms with van der Waals surface area (Å²) in [5.74, 6) is -4.15. The zero-order valence-electron chi connectivity index (χ0n) is 18.8. The number of aromatic nitrogens is 1. The van der Waals surface area contributed by atoms with Crippen LogP contribution >= 0.6 is 22.9 Å². The quantitative estimate of drug-likeness (QED) is 0.283. The van der Waals surface area contributed by atoms with Crippen molar-refractivity contribution in [2.24, 2.45) is 0 Å². The van der Waals surface area contributed by atoms with Crippen molar-refractivity contribution < 1.29 is 35.6 Å². The molecule has 1 N–H and O–H groups in total. The number of nitrogens with zero attached hydrogens (tertiary/aromatic N) is 3. The zero-order valence-corrected chi connectivity index (χ0v) is 21.2. The van der Waals surface area contributed by atoms with Crippen LogP contribution < -0.4 is 9.79 Å². The van der Waals surface area contributed by atoms with Crippen molar-refractivity contribution in [1.82, 2.24) is 9.88 Å². The van der Waals surface area contributed by atoms with Gasteiger partial charge in [-0.25, -0.2) is 14.2 Å². The number of rotatable bonds is 9. The lowest BCUT2D eigenvalue weighted by Crippen LogP contribution is -2.39. The summed E-state index contributed by atoms with van der Waals surface area (Å²) in [5.41, 5.74) is 2.05. The Labute approximate surface area is 218 Å². The van der Waals surface area contributed by atoms with Gasteiger partial charge in [0, 0.05) is 24.7 Å². The van der Waals surface area contributed by atoms with Gasteiger partial charge in [0.2, 0.25) is 5.13 Å². The van der Waals surface area contributed by atoms with Crippen LogP contribution in [0.1, 0.15) is 17.5 Å². The summed E-state index contributed by atoms with van der Waals surface area (Å²) < 4.78 is 79.1. The minimum absolute atomic E-state index is 0.0601. The molecule has 1 aliphatic rings. The van der Waals surface area contributed by atoms with E-state index in [0.717, 1.165) is 55.5 Å². The van der Waals surface area contributed by atoms with E-state index in [-0.39, 0.29) is 21.7 Å². The molecule has 2 heterocycles. The highest BCUT2D eigenvalue weighted by Gasteiger charge is 2.46. The number of halogens is 5. The molecule has 4 rings (SSSR count). The normalized spacial score (nSPS) is 14.2. The molecule has 0 unspecified atom stereocenters. The molecule has 0 spiro atoms. The van der Waals surface area contributed by atoms with Gasteiger partial charge in [-0.05, 0) is 42.8 Å². The minimum Gasteiger partial charge on any atom is -0.380 e. The fraction of sp³-hybridized carbons (Fsp3) is 0.273. The van der Waals surface area contributed by atoms with Gasteiger partial charge in [-0.3, -0.25) is 4.90 Å². The second kappa shape index (κ2) is 10.8. The van der Waals surface area contributed by atoms with Crippen molar-refractivity contribution in [2.75, 3.05) is 22.9 Å². The summed E-state index contributed by atoms with van der Waals surface area (Å²) >= 11 is 6.77. The third kappa shape index (κ3) is 6.14. The van der Waals surface area contributed by atoms with Gasteiger partial charge in [0.05, 0.1) is 10.7 Å². The van der Waals surface area contributed by atoms with Crippen molar-refractivity contribution >= 4 is 49.7 Å². The highest BCUT2D eigenvalue weighted by atomic mass is 35.5. The third-order valence-electron chi connectivity index (χ3n) is 5.42. The van der Waals surface area contributed by atoms with Crippen molar-refractivity contribution in [1.29, 1.82) is 0 Å². The highest BCUT2D eigenvalue weighted by Crippen LogP contribution is 2.34. The van der Waals surface area contributed by atoms with E-state index >= 15 is 4.39 Å². The molecule has 1 aromatic heterocycles. The number of carbonyl (C=O) groups excluding carboxylic acids is 1. The summed E-state index contributed by atoms with van der Waals surface area (Å²) in [6, 6.07) is 9.16. The lowest BCUT2D eigenvalue weighted by Gasteiger charge is -2.31. The van der Waals surface area contributed by atoms with Gasteiger partial charge >= 0.3 is 22.2 Å². The molecule has 2 aromatic carbocycles. The molecule has 0 radical (unpaired) electrons. The lowest BCUT2D eigenvalue weighted by molar-refractivity contribution is -0.199. The van der Waals surface area contributed by atoms with Gasteiger partial charge in [-0.15, -0.1) is 11.3 Å². The van der Waals surface area contributed by atoms with Crippen molar-refractivity contribution in [3.8, 4) is 0 Å². The predicted molar refractivity (Wildman–Crippen MR) is 129 cm³/mol. The molecular formula is C22H19ClF4N4O4S2. The topological polar surface area (TPSA) is 91.8 Å². The smallest absolute Gasteiger partial charge is 0.380 e. The number of sulfonamides is 1. The van der Waals surface area contributed by atoms with E-state index in [1.807, 2.05) is 24.3 Å². The summed E-state index contributed by atoms with van der Waals surface area (Å²) in [6.45, 7) is 3.01. The second-order valence-corrected chi connectivity index (χ2v) is 10.9. The van der Waals surface area contributed by atoms with E-state index in [0.29, 0.717) is 11.3 Å². The molecule has 8 nitrogen and oxygen atoms in total. The van der Waals surface area contributed by atoms with E-state index in [1.165, 1.54) is 5.38 Å². The zero-order chi connectivity index (χ0) is 26.8. The Morgan fingerprint density at radius 3 is 2.51 bits per heavy atom. The number of thiazole rings is 1. The maximum absolute atomic E-state index is 15.0. The van der Waals surface area contributed by atoms with Gasteiger partial charge in [0.15, 0.2) is 0 Å². The number of likely N-dealkylation sites (tertiary alicyclic amines) is 1. The Morgan fingerprint density at radius 2 is 1.92 bits per heavy atom. The van der Waals surface area contributed by atoms with Crippen LogP contribution in [0.5, 0.6) is 0 Å². The first kappa shape index (κ1) is 27.1. The standard InChI is InChI=1S/C22H19ClF4N4O4S2/c23-16-10-19(37(33,34)31(21-28-6-9-36-21)35-20(32)22(25,26)27)17(24)11-18(16)29-12-14-4-1-2-5-15(14)13-30-7-3-8-30/h1-2,4-6,9-11,29H,3,7-8,12-13H2. The number of benzene rings is 2. The highest BCUT2D eigenvalue weighted by molar-refractivity contribution is 7.92. The van der Waals surface area contributed by atoms with Crippen LogP contribution in [0, 0.1) is 5.82 Å². The summed E-state index contributed by atoms with van der Waals surface area (Å²) in [7, 11) is -5.19. The molecule has 15 heteroatoms. The van der Waals surface area contributed by atoms with Crippen molar-refractivity contribution in [3.63, 3.8) is 0 Å². The van der Waals surface area contributed by atoms with Crippen LogP contribution in [0.2, 0.25) is 5.02 Å². The second-order valence-electron chi connectivity index (χ2n) is 7.94. The largest absolute Gasteiger partial charge is 0.493 e. The van der Waals surface area contributed by atoms with Gasteiger partial charge in [-0.1, -0.05) is 40.3 Å². The molecule has 1 aliphatic heterocycles. The Morgan fingerprint density at radius 1 is 1.22 bits per heavy atom. The van der Waals surface area contributed by atoms with Gasteiger partial charge in [-0.2, -0.15) is 21.6 Å². The summed E-state index contributed by atoms with van der Waals surface area (Å²) in [6.07, 6.45) is -3.30. The number of anilines is 2. The van der Waals surface area contributed by atoms with Crippen LogP contribution in [0.15, 0.2) is 52.9 Å². The number of alkyl halides is 3. The fourth-order valence-electron chi connectivity index (χ4n) is 3.43. The Balaban J connectivity index is 1.58. The van der Waals surface area contributed by atoms with Gasteiger partial charge in [0.1, 0.15) is 10.7 Å². The maximum Gasteiger partial charge on any atom is 0.493 e. The van der Waals surface area contributed by atoms with Crippen molar-refractivity contribution in [3.05, 3.63) is 69.9 Å². The van der Waals surface area contributed by atoms with Crippen LogP contribution in [0.25, 0.3) is 0 Å². The average Bonchev–Trinajstić information content (AvgIpc) is 3.34. The van der Waals surface area contributed by atoms with E-state index in [1.54, 1.807) is 0 Å². The first-order valence-electron chi connectivity index (χ1n) is 10.7. The molecule has 0 atom stereocenters. The molecule has 1 fully saturated rings. The lowest BCUT2D eigenvalue weighted by atomic mass is 10.1. The number of carbonyl (C=O) groups is 1. The molecule has 37 heavy (non-hydrogen) atoms. The molecular weight excluding hydrogens is 560 g/mol. The average molecular weight is 579 g/mol. The molecule has 0 bridgehead atoms.